The van der Waals surface area contributed by atoms with Crippen molar-refractivity contribution in [3.8, 4) is 0 Å². The minimum atomic E-state index is -0.306. The van der Waals surface area contributed by atoms with E-state index in [-0.39, 0.29) is 17.6 Å². The summed E-state index contributed by atoms with van der Waals surface area (Å²) >= 11 is 0. The molecule has 2 unspecified atom stereocenters. The van der Waals surface area contributed by atoms with Crippen LogP contribution >= 0.6 is 0 Å². The lowest BCUT2D eigenvalue weighted by Crippen LogP contribution is -2.42. The van der Waals surface area contributed by atoms with E-state index in [2.05, 4.69) is 46.8 Å². The number of aliphatic hydroxyl groups excluding tert-OH is 1. The van der Waals surface area contributed by atoms with Crippen LogP contribution in [0.15, 0.2) is 23.3 Å². The molecule has 2 nitrogen and oxygen atoms in total. The second-order valence-corrected chi connectivity index (χ2v) is 8.39. The number of ether oxygens (including phenoxy) is 1. The Labute approximate surface area is 135 Å². The first-order chi connectivity index (χ1) is 10.3. The average Bonchev–Trinajstić information content (AvgIpc) is 2.85. The van der Waals surface area contributed by atoms with Gasteiger partial charge >= 0.3 is 0 Å². The van der Waals surface area contributed by atoms with Gasteiger partial charge in [0, 0.05) is 11.8 Å². The Morgan fingerprint density at radius 3 is 2.91 bits per heavy atom. The molecule has 2 heterocycles. The highest BCUT2D eigenvalue weighted by atomic mass is 16.5. The number of rotatable bonds is 4. The third-order valence-electron chi connectivity index (χ3n) is 6.48. The van der Waals surface area contributed by atoms with Gasteiger partial charge in [0.15, 0.2) is 0 Å². The second kappa shape index (κ2) is 5.79. The molecule has 2 heteroatoms. The quantitative estimate of drug-likeness (QED) is 0.775. The molecule has 7 atom stereocenters. The standard InChI is InChI=1S/C20H32O2/c1-12(2)7-6-8-13(3)15-9-10-20(5)18-16(21)11-14(4)17(18)19(15)22-20/h7,11,13,15-19,21H,6,8-10H2,1-5H3/t13?,15-,16+,17+,18+,19+,20?/m0/s1. The highest BCUT2D eigenvalue weighted by Gasteiger charge is 2.61. The van der Waals surface area contributed by atoms with Crippen molar-refractivity contribution < 1.29 is 9.84 Å². The third kappa shape index (κ3) is 2.59. The maximum absolute atomic E-state index is 10.4. The van der Waals surface area contributed by atoms with Gasteiger partial charge in [-0.3, -0.25) is 0 Å². The monoisotopic (exact) mass is 304 g/mol. The van der Waals surface area contributed by atoms with E-state index in [4.69, 9.17) is 4.74 Å². The van der Waals surface area contributed by atoms with Crippen molar-refractivity contribution in [1.29, 1.82) is 0 Å². The number of allylic oxidation sites excluding steroid dienone is 2. The van der Waals surface area contributed by atoms with Gasteiger partial charge < -0.3 is 9.84 Å². The molecular weight excluding hydrogens is 272 g/mol. The fraction of sp³-hybridized carbons (Fsp3) is 0.800. The van der Waals surface area contributed by atoms with Crippen molar-refractivity contribution in [2.45, 2.75) is 78.1 Å². The summed E-state index contributed by atoms with van der Waals surface area (Å²) in [4.78, 5) is 0. The molecule has 1 N–H and O–H groups in total. The molecule has 2 aliphatic heterocycles. The van der Waals surface area contributed by atoms with Crippen LogP contribution in [0.1, 0.15) is 60.3 Å². The Morgan fingerprint density at radius 1 is 1.50 bits per heavy atom. The second-order valence-electron chi connectivity index (χ2n) is 8.39. The van der Waals surface area contributed by atoms with Crippen LogP contribution in [0.5, 0.6) is 0 Å². The van der Waals surface area contributed by atoms with Crippen LogP contribution in [-0.2, 0) is 4.74 Å². The van der Waals surface area contributed by atoms with Gasteiger partial charge in [0.05, 0.1) is 17.8 Å². The van der Waals surface area contributed by atoms with E-state index in [0.29, 0.717) is 23.9 Å². The Morgan fingerprint density at radius 2 is 2.23 bits per heavy atom. The Kier molecular flexibility index (Phi) is 4.28. The smallest absolute Gasteiger partial charge is 0.0785 e. The summed E-state index contributed by atoms with van der Waals surface area (Å²) in [6.45, 7) is 11.2. The van der Waals surface area contributed by atoms with E-state index in [9.17, 15) is 5.11 Å². The normalized spacial score (nSPS) is 44.5. The van der Waals surface area contributed by atoms with E-state index < -0.39 is 0 Å². The predicted molar refractivity (Wildman–Crippen MR) is 90.6 cm³/mol. The largest absolute Gasteiger partial charge is 0.389 e. The molecule has 0 radical (unpaired) electrons. The molecule has 3 rings (SSSR count). The van der Waals surface area contributed by atoms with Crippen molar-refractivity contribution in [3.05, 3.63) is 23.3 Å². The summed E-state index contributed by atoms with van der Waals surface area (Å²) in [6, 6.07) is 0. The van der Waals surface area contributed by atoms with Gasteiger partial charge in [-0.2, -0.15) is 0 Å². The molecule has 2 bridgehead atoms. The number of aliphatic hydroxyl groups is 1. The number of hydrogen-bond acceptors (Lipinski definition) is 2. The molecule has 2 fully saturated rings. The number of fused-ring (bicyclic) bond motifs is 5. The van der Waals surface area contributed by atoms with Crippen molar-refractivity contribution in [2.24, 2.45) is 23.7 Å². The van der Waals surface area contributed by atoms with E-state index in [1.54, 1.807) is 0 Å². The van der Waals surface area contributed by atoms with Crippen LogP contribution in [-0.4, -0.2) is 22.9 Å². The molecule has 2 saturated heterocycles. The molecule has 3 aliphatic rings. The van der Waals surface area contributed by atoms with Crippen LogP contribution in [0.25, 0.3) is 0 Å². The van der Waals surface area contributed by atoms with Gasteiger partial charge in [-0.15, -0.1) is 0 Å². The molecule has 124 valence electrons. The topological polar surface area (TPSA) is 29.5 Å². The SMILES string of the molecule is CC(C)=CCCC(C)[C@@H]1CCC2(C)O[C@H]1[C@@H]1C(C)=C[C@@H](O)[C@H]12. The van der Waals surface area contributed by atoms with Gasteiger partial charge in [-0.05, 0) is 65.2 Å². The molecule has 0 aromatic heterocycles. The molecule has 0 saturated carbocycles. The van der Waals surface area contributed by atoms with Crippen molar-refractivity contribution in [3.63, 3.8) is 0 Å². The minimum absolute atomic E-state index is 0.112. The zero-order chi connectivity index (χ0) is 16.1. The first-order valence-electron chi connectivity index (χ1n) is 9.01. The molecular formula is C20H32O2. The highest BCUT2D eigenvalue weighted by Crippen LogP contribution is 2.58. The summed E-state index contributed by atoms with van der Waals surface area (Å²) < 4.78 is 6.54. The summed E-state index contributed by atoms with van der Waals surface area (Å²) in [5, 5.41) is 10.4. The maximum Gasteiger partial charge on any atom is 0.0785 e. The average molecular weight is 304 g/mol. The van der Waals surface area contributed by atoms with Gasteiger partial charge in [0.25, 0.3) is 0 Å². The van der Waals surface area contributed by atoms with Gasteiger partial charge in [-0.1, -0.05) is 30.2 Å². The summed E-state index contributed by atoms with van der Waals surface area (Å²) in [5.74, 6) is 2.06. The fourth-order valence-corrected chi connectivity index (χ4v) is 5.30. The van der Waals surface area contributed by atoms with E-state index in [0.717, 1.165) is 6.42 Å². The van der Waals surface area contributed by atoms with Gasteiger partial charge in [-0.25, -0.2) is 0 Å². The van der Waals surface area contributed by atoms with Crippen LogP contribution in [0.3, 0.4) is 0 Å². The first kappa shape index (κ1) is 16.3. The molecule has 0 aromatic carbocycles. The van der Waals surface area contributed by atoms with Crippen LogP contribution in [0.4, 0.5) is 0 Å². The zero-order valence-corrected chi connectivity index (χ0v) is 14.8. The summed E-state index contributed by atoms with van der Waals surface area (Å²) in [5.41, 5.74) is 2.66. The van der Waals surface area contributed by atoms with E-state index in [1.165, 1.54) is 30.4 Å². The lowest BCUT2D eigenvalue weighted by molar-refractivity contribution is -0.125. The van der Waals surface area contributed by atoms with E-state index in [1.807, 2.05) is 0 Å². The Balaban J connectivity index is 1.74. The lowest BCUT2D eigenvalue weighted by Gasteiger charge is -2.40. The molecule has 0 aromatic rings. The zero-order valence-electron chi connectivity index (χ0n) is 14.8. The maximum atomic E-state index is 10.4. The third-order valence-corrected chi connectivity index (χ3v) is 6.48. The highest BCUT2D eigenvalue weighted by molar-refractivity contribution is 5.27. The molecule has 0 amide bonds. The molecule has 22 heavy (non-hydrogen) atoms. The van der Waals surface area contributed by atoms with Gasteiger partial charge in [0.2, 0.25) is 0 Å². The van der Waals surface area contributed by atoms with Crippen LogP contribution in [0.2, 0.25) is 0 Å². The predicted octanol–water partition coefficient (Wildman–Crippen LogP) is 4.49. The van der Waals surface area contributed by atoms with Crippen molar-refractivity contribution in [2.75, 3.05) is 0 Å². The van der Waals surface area contributed by atoms with Crippen molar-refractivity contribution in [1.82, 2.24) is 0 Å². The fourth-order valence-electron chi connectivity index (χ4n) is 5.30. The summed E-state index contributed by atoms with van der Waals surface area (Å²) in [7, 11) is 0. The van der Waals surface area contributed by atoms with Crippen molar-refractivity contribution >= 4 is 0 Å². The molecule has 0 spiro atoms. The Bertz CT molecular complexity index is 488. The first-order valence-corrected chi connectivity index (χ1v) is 9.01. The summed E-state index contributed by atoms with van der Waals surface area (Å²) in [6.07, 6.45) is 9.22. The lowest BCUT2D eigenvalue weighted by atomic mass is 9.77. The molecule has 1 aliphatic carbocycles. The number of hydrogen-bond donors (Lipinski definition) is 1. The minimum Gasteiger partial charge on any atom is -0.389 e. The van der Waals surface area contributed by atoms with Crippen LogP contribution in [0, 0.1) is 23.7 Å². The Hall–Kier alpha value is -0.600. The van der Waals surface area contributed by atoms with E-state index >= 15 is 0 Å². The van der Waals surface area contributed by atoms with Gasteiger partial charge in [0.1, 0.15) is 0 Å². The van der Waals surface area contributed by atoms with Crippen LogP contribution < -0.4 is 0 Å².